The monoisotopic (exact) mass is 417 g/mol. The standard InChI is InChI=1S/C18H16BrN3O4/c1-24-15-4-2-3-12(9-15)18-21-17(26-22-18)10-20-16(23)11-25-14-7-5-13(19)6-8-14/h2-9H,10-11H2,1H3,(H,20,23). The largest absolute Gasteiger partial charge is 0.497 e. The Morgan fingerprint density at radius 2 is 2.00 bits per heavy atom. The first kappa shape index (κ1) is 17.9. The summed E-state index contributed by atoms with van der Waals surface area (Å²) in [6.07, 6.45) is 0. The molecule has 0 aliphatic carbocycles. The van der Waals surface area contributed by atoms with Crippen LogP contribution in [0.2, 0.25) is 0 Å². The molecular weight excluding hydrogens is 402 g/mol. The van der Waals surface area contributed by atoms with Crippen molar-refractivity contribution in [1.29, 1.82) is 0 Å². The average Bonchev–Trinajstić information content (AvgIpc) is 3.15. The van der Waals surface area contributed by atoms with Gasteiger partial charge in [0.15, 0.2) is 6.61 Å². The van der Waals surface area contributed by atoms with Crippen LogP contribution in [0.15, 0.2) is 57.5 Å². The minimum atomic E-state index is -0.283. The molecule has 7 nitrogen and oxygen atoms in total. The lowest BCUT2D eigenvalue weighted by Crippen LogP contribution is -2.28. The van der Waals surface area contributed by atoms with Gasteiger partial charge in [-0.1, -0.05) is 33.2 Å². The fourth-order valence-corrected chi connectivity index (χ4v) is 2.38. The molecule has 2 aromatic carbocycles. The van der Waals surface area contributed by atoms with Crippen LogP contribution in [0.25, 0.3) is 11.4 Å². The number of aromatic nitrogens is 2. The first-order valence-corrected chi connectivity index (χ1v) is 8.55. The number of hydrogen-bond donors (Lipinski definition) is 1. The summed E-state index contributed by atoms with van der Waals surface area (Å²) in [5.41, 5.74) is 0.768. The van der Waals surface area contributed by atoms with Crippen LogP contribution in [-0.2, 0) is 11.3 Å². The number of carbonyl (C=O) groups excluding carboxylic acids is 1. The molecule has 0 radical (unpaired) electrons. The van der Waals surface area contributed by atoms with E-state index in [0.29, 0.717) is 23.2 Å². The molecule has 134 valence electrons. The number of nitrogens with zero attached hydrogens (tertiary/aromatic N) is 2. The van der Waals surface area contributed by atoms with Crippen molar-refractivity contribution in [3.63, 3.8) is 0 Å². The summed E-state index contributed by atoms with van der Waals surface area (Å²) in [7, 11) is 1.59. The maximum absolute atomic E-state index is 11.9. The van der Waals surface area contributed by atoms with Crippen molar-refractivity contribution in [2.75, 3.05) is 13.7 Å². The molecule has 1 amide bonds. The Hall–Kier alpha value is -2.87. The molecular formula is C18H16BrN3O4. The molecule has 1 N–H and O–H groups in total. The number of hydrogen-bond acceptors (Lipinski definition) is 6. The molecule has 0 unspecified atom stereocenters. The van der Waals surface area contributed by atoms with Crippen molar-refractivity contribution in [2.24, 2.45) is 0 Å². The van der Waals surface area contributed by atoms with E-state index in [1.165, 1.54) is 0 Å². The molecule has 8 heteroatoms. The highest BCUT2D eigenvalue weighted by Crippen LogP contribution is 2.21. The molecule has 0 saturated carbocycles. The predicted octanol–water partition coefficient (Wildman–Crippen LogP) is 3.20. The van der Waals surface area contributed by atoms with E-state index in [0.717, 1.165) is 10.0 Å². The molecule has 0 fully saturated rings. The maximum Gasteiger partial charge on any atom is 0.258 e. The third kappa shape index (κ3) is 4.82. The van der Waals surface area contributed by atoms with Crippen molar-refractivity contribution >= 4 is 21.8 Å². The van der Waals surface area contributed by atoms with E-state index in [9.17, 15) is 4.79 Å². The minimum Gasteiger partial charge on any atom is -0.497 e. The van der Waals surface area contributed by atoms with Crippen LogP contribution in [0.3, 0.4) is 0 Å². The van der Waals surface area contributed by atoms with Gasteiger partial charge in [-0.25, -0.2) is 0 Å². The van der Waals surface area contributed by atoms with Gasteiger partial charge in [0.1, 0.15) is 11.5 Å². The van der Waals surface area contributed by atoms with E-state index in [1.807, 2.05) is 30.3 Å². The van der Waals surface area contributed by atoms with Crippen molar-refractivity contribution in [3.8, 4) is 22.9 Å². The van der Waals surface area contributed by atoms with Crippen LogP contribution in [0.5, 0.6) is 11.5 Å². The number of nitrogens with one attached hydrogen (secondary N) is 1. The summed E-state index contributed by atoms with van der Waals surface area (Å²) in [6, 6.07) is 14.5. The maximum atomic E-state index is 11.9. The zero-order valence-corrected chi connectivity index (χ0v) is 15.5. The van der Waals surface area contributed by atoms with Gasteiger partial charge in [-0.2, -0.15) is 4.98 Å². The van der Waals surface area contributed by atoms with Crippen molar-refractivity contribution in [2.45, 2.75) is 6.54 Å². The Morgan fingerprint density at radius 1 is 1.19 bits per heavy atom. The van der Waals surface area contributed by atoms with Crippen molar-refractivity contribution < 1.29 is 18.8 Å². The summed E-state index contributed by atoms with van der Waals surface area (Å²) in [5, 5.41) is 6.59. The molecule has 0 aliphatic heterocycles. The van der Waals surface area contributed by atoms with E-state index in [1.54, 1.807) is 25.3 Å². The number of benzene rings is 2. The summed E-state index contributed by atoms with van der Waals surface area (Å²) in [4.78, 5) is 16.1. The smallest absolute Gasteiger partial charge is 0.258 e. The lowest BCUT2D eigenvalue weighted by atomic mass is 10.2. The normalized spacial score (nSPS) is 10.4. The number of ether oxygens (including phenoxy) is 2. The van der Waals surface area contributed by atoms with Gasteiger partial charge < -0.3 is 19.3 Å². The SMILES string of the molecule is COc1cccc(-c2noc(CNC(=O)COc3ccc(Br)cc3)n2)c1. The zero-order valence-electron chi connectivity index (χ0n) is 13.9. The zero-order chi connectivity index (χ0) is 18.4. The van der Waals surface area contributed by atoms with Crippen LogP contribution in [0.4, 0.5) is 0 Å². The molecule has 1 heterocycles. The molecule has 3 aromatic rings. The van der Waals surface area contributed by atoms with Gasteiger partial charge in [-0.15, -0.1) is 0 Å². The fourth-order valence-electron chi connectivity index (χ4n) is 2.11. The number of amides is 1. The van der Waals surface area contributed by atoms with Gasteiger partial charge in [0.25, 0.3) is 5.91 Å². The lowest BCUT2D eigenvalue weighted by Gasteiger charge is -2.06. The lowest BCUT2D eigenvalue weighted by molar-refractivity contribution is -0.123. The molecule has 1 aromatic heterocycles. The van der Waals surface area contributed by atoms with Gasteiger partial charge in [-0.05, 0) is 36.4 Å². The summed E-state index contributed by atoms with van der Waals surface area (Å²) in [6.45, 7) is 0.0258. The Bertz CT molecular complexity index is 880. The molecule has 0 aliphatic rings. The van der Waals surface area contributed by atoms with Crippen molar-refractivity contribution in [3.05, 3.63) is 58.9 Å². The second-order valence-electron chi connectivity index (χ2n) is 5.26. The minimum absolute atomic E-state index is 0.0987. The molecule has 0 spiro atoms. The van der Waals surface area contributed by atoms with E-state index >= 15 is 0 Å². The molecule has 0 saturated heterocycles. The molecule has 0 bridgehead atoms. The summed E-state index contributed by atoms with van der Waals surface area (Å²) in [5.74, 6) is 1.77. The predicted molar refractivity (Wildman–Crippen MR) is 97.8 cm³/mol. The number of methoxy groups -OCH3 is 1. The Labute approximate surface area is 158 Å². The molecule has 3 rings (SSSR count). The Balaban J connectivity index is 1.51. The second-order valence-corrected chi connectivity index (χ2v) is 6.18. The molecule has 26 heavy (non-hydrogen) atoms. The van der Waals surface area contributed by atoms with Crippen LogP contribution >= 0.6 is 15.9 Å². The molecule has 0 atom stereocenters. The second kappa shape index (κ2) is 8.48. The topological polar surface area (TPSA) is 86.5 Å². The van der Waals surface area contributed by atoms with E-state index in [2.05, 4.69) is 31.4 Å². The third-order valence-electron chi connectivity index (χ3n) is 3.42. The van der Waals surface area contributed by atoms with Crippen LogP contribution in [-0.4, -0.2) is 29.8 Å². The van der Waals surface area contributed by atoms with E-state index in [4.69, 9.17) is 14.0 Å². The van der Waals surface area contributed by atoms with E-state index in [-0.39, 0.29) is 19.1 Å². The average molecular weight is 418 g/mol. The van der Waals surface area contributed by atoms with Crippen molar-refractivity contribution in [1.82, 2.24) is 15.5 Å². The van der Waals surface area contributed by atoms with Gasteiger partial charge >= 0.3 is 0 Å². The number of carbonyl (C=O) groups is 1. The third-order valence-corrected chi connectivity index (χ3v) is 3.95. The quantitative estimate of drug-likeness (QED) is 0.634. The van der Waals surface area contributed by atoms with Gasteiger partial charge in [0.2, 0.25) is 11.7 Å². The Kier molecular flexibility index (Phi) is 5.85. The summed E-state index contributed by atoms with van der Waals surface area (Å²) >= 11 is 3.34. The van der Waals surface area contributed by atoms with Gasteiger partial charge in [-0.3, -0.25) is 4.79 Å². The summed E-state index contributed by atoms with van der Waals surface area (Å²) < 4.78 is 16.7. The van der Waals surface area contributed by atoms with Gasteiger partial charge in [0, 0.05) is 10.0 Å². The highest BCUT2D eigenvalue weighted by atomic mass is 79.9. The fraction of sp³-hybridized carbons (Fsp3) is 0.167. The number of rotatable bonds is 7. The first-order valence-electron chi connectivity index (χ1n) is 7.76. The van der Waals surface area contributed by atoms with Crippen LogP contribution in [0, 0.1) is 0 Å². The number of halogens is 1. The van der Waals surface area contributed by atoms with E-state index < -0.39 is 0 Å². The van der Waals surface area contributed by atoms with Crippen LogP contribution in [0.1, 0.15) is 5.89 Å². The highest BCUT2D eigenvalue weighted by molar-refractivity contribution is 9.10. The Morgan fingerprint density at radius 3 is 2.77 bits per heavy atom. The highest BCUT2D eigenvalue weighted by Gasteiger charge is 2.11. The first-order chi connectivity index (χ1) is 12.6. The van der Waals surface area contributed by atoms with Gasteiger partial charge in [0.05, 0.1) is 13.7 Å². The van der Waals surface area contributed by atoms with Crippen LogP contribution < -0.4 is 14.8 Å².